The van der Waals surface area contributed by atoms with Crippen molar-refractivity contribution in [3.05, 3.63) is 106 Å². The van der Waals surface area contributed by atoms with Gasteiger partial charge in [-0.3, -0.25) is 4.79 Å². The molecule has 0 aliphatic heterocycles. The molecule has 4 nitrogen and oxygen atoms in total. The summed E-state index contributed by atoms with van der Waals surface area (Å²) >= 11 is 0. The van der Waals surface area contributed by atoms with Crippen LogP contribution in [0, 0.1) is 6.92 Å². The second kappa shape index (κ2) is 8.67. The van der Waals surface area contributed by atoms with E-state index in [4.69, 9.17) is 0 Å². The van der Waals surface area contributed by atoms with Crippen LogP contribution in [0.25, 0.3) is 0 Å². The second-order valence-corrected chi connectivity index (χ2v) is 10.6. The van der Waals surface area contributed by atoms with Gasteiger partial charge in [-0.25, -0.2) is 8.42 Å². The summed E-state index contributed by atoms with van der Waals surface area (Å²) in [6.07, 6.45) is 3.05. The Kier molecular flexibility index (Phi) is 5.96. The number of rotatable bonds is 6. The highest BCUT2D eigenvalue weighted by molar-refractivity contribution is 7.89. The number of carbonyl (C=O) groups is 1. The summed E-state index contributed by atoms with van der Waals surface area (Å²) in [6, 6.07) is 23.6. The molecule has 1 amide bonds. The summed E-state index contributed by atoms with van der Waals surface area (Å²) in [6.45, 7) is 2.56. The molecule has 0 fully saturated rings. The van der Waals surface area contributed by atoms with Crippen LogP contribution in [-0.2, 0) is 28.6 Å². The molecule has 0 N–H and O–H groups in total. The maximum absolute atomic E-state index is 13.7. The van der Waals surface area contributed by atoms with Gasteiger partial charge < -0.3 is 4.90 Å². The van der Waals surface area contributed by atoms with Gasteiger partial charge in [-0.05, 0) is 54.2 Å². The van der Waals surface area contributed by atoms with Crippen molar-refractivity contribution in [1.29, 1.82) is 0 Å². The molecule has 0 aromatic heterocycles. The lowest BCUT2D eigenvalue weighted by Gasteiger charge is -2.30. The van der Waals surface area contributed by atoms with Gasteiger partial charge in [-0.1, -0.05) is 66.2 Å². The number of sulfone groups is 1. The minimum Gasteiger partial charge on any atom is -0.327 e. The first kappa shape index (κ1) is 21.3. The average Bonchev–Trinajstić information content (AvgIpc) is 3.16. The zero-order chi connectivity index (χ0) is 22.0. The number of amides is 1. The Bertz CT molecular complexity index is 1200. The van der Waals surface area contributed by atoms with Gasteiger partial charge in [0, 0.05) is 18.4 Å². The van der Waals surface area contributed by atoms with Crippen molar-refractivity contribution in [3.63, 3.8) is 0 Å². The van der Waals surface area contributed by atoms with Crippen molar-refractivity contribution in [3.8, 4) is 0 Å². The molecule has 1 aliphatic carbocycles. The fourth-order valence-corrected chi connectivity index (χ4v) is 5.12. The first-order chi connectivity index (χ1) is 14.8. The van der Waals surface area contributed by atoms with Crippen molar-refractivity contribution < 1.29 is 13.2 Å². The number of hydrogen-bond donors (Lipinski definition) is 0. The SMILES string of the molecule is Cc1ccc(CN(C(=O)c2cccc(CS(C)(=O)=O)c2)[C@@H]2CCc3ccccc32)cc1. The second-order valence-electron chi connectivity index (χ2n) is 8.44. The minimum atomic E-state index is -3.17. The van der Waals surface area contributed by atoms with E-state index in [9.17, 15) is 13.2 Å². The molecule has 0 bridgehead atoms. The van der Waals surface area contributed by atoms with Crippen LogP contribution in [0.3, 0.4) is 0 Å². The number of fused-ring (bicyclic) bond motifs is 1. The lowest BCUT2D eigenvalue weighted by molar-refractivity contribution is 0.0658. The van der Waals surface area contributed by atoms with Gasteiger partial charge >= 0.3 is 0 Å². The highest BCUT2D eigenvalue weighted by Gasteiger charge is 2.31. The molecule has 0 saturated heterocycles. The van der Waals surface area contributed by atoms with Crippen LogP contribution in [0.5, 0.6) is 0 Å². The Hall–Kier alpha value is -2.92. The van der Waals surface area contributed by atoms with Crippen molar-refractivity contribution in [2.75, 3.05) is 6.26 Å². The predicted molar refractivity (Wildman–Crippen MR) is 124 cm³/mol. The van der Waals surface area contributed by atoms with Crippen molar-refractivity contribution >= 4 is 15.7 Å². The number of aryl methyl sites for hydroxylation is 2. The van der Waals surface area contributed by atoms with Crippen LogP contribution in [0.15, 0.2) is 72.8 Å². The quantitative estimate of drug-likeness (QED) is 0.557. The summed E-state index contributed by atoms with van der Waals surface area (Å²) < 4.78 is 23.5. The third-order valence-corrected chi connectivity index (χ3v) is 6.67. The van der Waals surface area contributed by atoms with Crippen LogP contribution >= 0.6 is 0 Å². The molecule has 5 heteroatoms. The number of benzene rings is 3. The van der Waals surface area contributed by atoms with E-state index in [1.165, 1.54) is 22.9 Å². The summed E-state index contributed by atoms with van der Waals surface area (Å²) in [4.78, 5) is 15.6. The number of nitrogens with zero attached hydrogens (tertiary/aromatic N) is 1. The molecule has 0 spiro atoms. The van der Waals surface area contributed by atoms with E-state index < -0.39 is 9.84 Å². The highest BCUT2D eigenvalue weighted by atomic mass is 32.2. The molecule has 1 aliphatic rings. The molecule has 4 rings (SSSR count). The van der Waals surface area contributed by atoms with Crippen LogP contribution in [-0.4, -0.2) is 25.5 Å². The Morgan fingerprint density at radius 2 is 1.71 bits per heavy atom. The van der Waals surface area contributed by atoms with E-state index in [1.807, 2.05) is 24.0 Å². The van der Waals surface area contributed by atoms with Gasteiger partial charge in [0.1, 0.15) is 0 Å². The monoisotopic (exact) mass is 433 g/mol. The van der Waals surface area contributed by atoms with Crippen molar-refractivity contribution in [2.45, 2.75) is 38.1 Å². The van der Waals surface area contributed by atoms with Gasteiger partial charge in [0.15, 0.2) is 9.84 Å². The third kappa shape index (κ3) is 5.05. The topological polar surface area (TPSA) is 54.5 Å². The zero-order valence-electron chi connectivity index (χ0n) is 17.9. The molecule has 0 heterocycles. The average molecular weight is 434 g/mol. The van der Waals surface area contributed by atoms with Crippen molar-refractivity contribution in [1.82, 2.24) is 4.90 Å². The molecule has 1 atom stereocenters. The van der Waals surface area contributed by atoms with Gasteiger partial charge in [0.2, 0.25) is 0 Å². The fourth-order valence-electron chi connectivity index (χ4n) is 4.33. The maximum atomic E-state index is 13.7. The van der Waals surface area contributed by atoms with Crippen molar-refractivity contribution in [2.24, 2.45) is 0 Å². The minimum absolute atomic E-state index is 0.00330. The van der Waals surface area contributed by atoms with E-state index in [-0.39, 0.29) is 17.7 Å². The Morgan fingerprint density at radius 1 is 0.968 bits per heavy atom. The molecule has 31 heavy (non-hydrogen) atoms. The van der Waals surface area contributed by atoms with Gasteiger partial charge in [-0.15, -0.1) is 0 Å². The van der Waals surface area contributed by atoms with Gasteiger partial charge in [0.05, 0.1) is 11.8 Å². The van der Waals surface area contributed by atoms with Crippen LogP contribution in [0.4, 0.5) is 0 Å². The van der Waals surface area contributed by atoms with Crippen LogP contribution < -0.4 is 0 Å². The molecule has 0 unspecified atom stereocenters. The largest absolute Gasteiger partial charge is 0.327 e. The molecule has 3 aromatic rings. The summed E-state index contributed by atoms with van der Waals surface area (Å²) in [5.74, 6) is -0.143. The standard InChI is InChI=1S/C26H27NO3S/c1-19-10-12-20(13-11-19)17-27(25-15-14-22-7-3-4-9-24(22)25)26(28)23-8-5-6-21(16-23)18-31(2,29)30/h3-13,16,25H,14-15,17-18H2,1-2H3/t25-/m1/s1. The number of hydrogen-bond acceptors (Lipinski definition) is 3. The summed E-state index contributed by atoms with van der Waals surface area (Å²) in [5, 5.41) is 0. The molecular formula is C26H27NO3S. The smallest absolute Gasteiger partial charge is 0.254 e. The highest BCUT2D eigenvalue weighted by Crippen LogP contribution is 2.37. The molecular weight excluding hydrogens is 406 g/mol. The van der Waals surface area contributed by atoms with Gasteiger partial charge in [-0.2, -0.15) is 0 Å². The summed E-state index contributed by atoms with van der Waals surface area (Å²) in [5.41, 5.74) is 5.92. The Morgan fingerprint density at radius 3 is 2.45 bits per heavy atom. The molecule has 160 valence electrons. The van der Waals surface area contributed by atoms with Crippen LogP contribution in [0.1, 0.15) is 50.6 Å². The van der Waals surface area contributed by atoms with E-state index in [1.54, 1.807) is 24.3 Å². The maximum Gasteiger partial charge on any atom is 0.254 e. The first-order valence-corrected chi connectivity index (χ1v) is 12.6. The molecule has 0 radical (unpaired) electrons. The van der Waals surface area contributed by atoms with E-state index in [2.05, 4.69) is 36.4 Å². The first-order valence-electron chi connectivity index (χ1n) is 10.5. The van der Waals surface area contributed by atoms with Gasteiger partial charge in [0.25, 0.3) is 5.91 Å². The molecule has 0 saturated carbocycles. The normalized spacial score (nSPS) is 15.5. The van der Waals surface area contributed by atoms with Crippen LogP contribution in [0.2, 0.25) is 0 Å². The van der Waals surface area contributed by atoms with E-state index >= 15 is 0 Å². The lowest BCUT2D eigenvalue weighted by Crippen LogP contribution is -2.33. The molecule has 3 aromatic carbocycles. The third-order valence-electron chi connectivity index (χ3n) is 5.81. The lowest BCUT2D eigenvalue weighted by atomic mass is 10.0. The van der Waals surface area contributed by atoms with E-state index in [0.717, 1.165) is 18.4 Å². The number of carbonyl (C=O) groups excluding carboxylic acids is 1. The Labute approximate surface area is 184 Å². The predicted octanol–water partition coefficient (Wildman–Crippen LogP) is 4.87. The zero-order valence-corrected chi connectivity index (χ0v) is 18.7. The Balaban J connectivity index is 1.70. The van der Waals surface area contributed by atoms with E-state index in [0.29, 0.717) is 17.7 Å². The summed E-state index contributed by atoms with van der Waals surface area (Å²) in [7, 11) is -3.17. The fraction of sp³-hybridized carbons (Fsp3) is 0.269.